The van der Waals surface area contributed by atoms with E-state index in [1.165, 1.54) is 11.8 Å². The summed E-state index contributed by atoms with van der Waals surface area (Å²) in [5, 5.41) is 16.1. The van der Waals surface area contributed by atoms with Crippen LogP contribution in [0.15, 0.2) is 0 Å². The summed E-state index contributed by atoms with van der Waals surface area (Å²) in [6.45, 7) is 2.35. The quantitative estimate of drug-likeness (QED) is 0.328. The van der Waals surface area contributed by atoms with Crippen molar-refractivity contribution in [1.82, 2.24) is 20.9 Å². The van der Waals surface area contributed by atoms with Crippen LogP contribution < -0.4 is 16.0 Å². The third kappa shape index (κ3) is 7.36. The monoisotopic (exact) mass is 514 g/mol. The topological polar surface area (TPSA) is 145 Å². The molecule has 2 aliphatic carbocycles. The summed E-state index contributed by atoms with van der Waals surface area (Å²) in [4.78, 5) is 64.1. The van der Waals surface area contributed by atoms with Crippen molar-refractivity contribution in [2.75, 3.05) is 6.54 Å². The van der Waals surface area contributed by atoms with Crippen molar-refractivity contribution >= 4 is 29.6 Å². The predicted octanol–water partition coefficient (Wildman–Crippen LogP) is 1.96. The Kier molecular flexibility index (Phi) is 8.55. The molecule has 1 heterocycles. The van der Waals surface area contributed by atoms with E-state index >= 15 is 0 Å². The summed E-state index contributed by atoms with van der Waals surface area (Å²) >= 11 is 0. The minimum absolute atomic E-state index is 0.122. The van der Waals surface area contributed by atoms with Gasteiger partial charge in [-0.15, -0.1) is 0 Å². The number of Topliss-reactive ketones (excluding diaryl/α,β-unsaturated/α-hetero) is 1. The summed E-state index contributed by atoms with van der Waals surface area (Å²) in [6.07, 6.45) is 3.78. The third-order valence-electron chi connectivity index (χ3n) is 7.36. The van der Waals surface area contributed by atoms with Gasteiger partial charge >= 0.3 is 6.09 Å². The molecule has 3 fully saturated rings. The average molecular weight is 515 g/mol. The first-order chi connectivity index (χ1) is 16.8. The van der Waals surface area contributed by atoms with Gasteiger partial charge in [0.05, 0.1) is 6.04 Å². The van der Waals surface area contributed by atoms with Crippen molar-refractivity contribution in [3.63, 3.8) is 0 Å². The number of carbonyl (C=O) groups is 5. The molecule has 3 atom stereocenters. The van der Waals surface area contributed by atoms with E-state index in [4.69, 9.17) is 5.11 Å². The number of nitrogens with one attached hydrogen (secondary N) is 3. The number of nitrogens with zero attached hydrogens (tertiary/aromatic N) is 1. The molecule has 10 nitrogen and oxygen atoms in total. The fraction of sp³-hybridized carbons (Fsp3) is 0.792. The van der Waals surface area contributed by atoms with Crippen molar-refractivity contribution < 1.29 is 37.9 Å². The lowest BCUT2D eigenvalue weighted by Crippen LogP contribution is -2.56. The number of carbonyl (C=O) groups excluding carboxylic acids is 4. The third-order valence-corrected chi connectivity index (χ3v) is 7.36. The van der Waals surface area contributed by atoms with E-state index in [9.17, 15) is 32.8 Å². The zero-order valence-corrected chi connectivity index (χ0v) is 20.8. The molecule has 0 radical (unpaired) electrons. The van der Waals surface area contributed by atoms with E-state index in [1.807, 2.05) is 0 Å². The van der Waals surface area contributed by atoms with Gasteiger partial charge in [0, 0.05) is 19.0 Å². The number of ketones is 1. The van der Waals surface area contributed by atoms with E-state index in [-0.39, 0.29) is 18.0 Å². The van der Waals surface area contributed by atoms with Crippen LogP contribution in [0.25, 0.3) is 0 Å². The van der Waals surface area contributed by atoms with Crippen LogP contribution in [0.3, 0.4) is 0 Å². The maximum absolute atomic E-state index is 13.6. The number of halogens is 2. The molecule has 0 aromatic rings. The largest absolute Gasteiger partial charge is 0.465 e. The lowest BCUT2D eigenvalue weighted by Gasteiger charge is -2.33. The minimum atomic E-state index is -3.10. The molecule has 3 rings (SSSR count). The fourth-order valence-corrected chi connectivity index (χ4v) is 5.26. The first-order valence-corrected chi connectivity index (χ1v) is 12.6. The van der Waals surface area contributed by atoms with Crippen molar-refractivity contribution in [3.05, 3.63) is 0 Å². The first-order valence-electron chi connectivity index (χ1n) is 12.6. The molecule has 1 aliphatic heterocycles. The molecule has 12 heteroatoms. The maximum Gasteiger partial charge on any atom is 0.405 e. The number of hydrogen-bond acceptors (Lipinski definition) is 5. The number of hydrogen-bond donors (Lipinski definition) is 4. The highest BCUT2D eigenvalue weighted by atomic mass is 19.3. The Labute approximate surface area is 208 Å². The highest BCUT2D eigenvalue weighted by Gasteiger charge is 2.50. The lowest BCUT2D eigenvalue weighted by atomic mass is 9.72. The fourth-order valence-electron chi connectivity index (χ4n) is 5.26. The molecule has 202 valence electrons. The molecule has 2 saturated carbocycles. The van der Waals surface area contributed by atoms with E-state index in [0.717, 1.165) is 44.9 Å². The summed E-state index contributed by atoms with van der Waals surface area (Å²) < 4.78 is 27.1. The van der Waals surface area contributed by atoms with Crippen LogP contribution >= 0.6 is 0 Å². The van der Waals surface area contributed by atoms with Crippen LogP contribution in [-0.2, 0) is 19.2 Å². The number of amides is 4. The highest BCUT2D eigenvalue weighted by Crippen LogP contribution is 2.46. The molecule has 1 spiro atoms. The SMILES string of the molecule is C[C@H](NC(=O)O)C(=O)N1CC2(CCCCC2)C[C@H]1C(=O)N[C@@H](CCC(C)(F)F)C(=O)C(=O)NC1CC1. The molecular weight excluding hydrogens is 478 g/mol. The molecule has 0 bridgehead atoms. The lowest BCUT2D eigenvalue weighted by molar-refractivity contribution is -0.143. The van der Waals surface area contributed by atoms with Crippen LogP contribution in [0.2, 0.25) is 0 Å². The molecule has 4 N–H and O–H groups in total. The van der Waals surface area contributed by atoms with Gasteiger partial charge in [-0.2, -0.15) is 0 Å². The van der Waals surface area contributed by atoms with Gasteiger partial charge in [0.15, 0.2) is 0 Å². The Bertz CT molecular complexity index is 882. The summed E-state index contributed by atoms with van der Waals surface area (Å²) in [5.74, 6) is -6.30. The molecule has 0 aromatic heterocycles. The van der Waals surface area contributed by atoms with Crippen LogP contribution in [0.4, 0.5) is 13.6 Å². The molecule has 0 unspecified atom stereocenters. The van der Waals surface area contributed by atoms with Crippen molar-refractivity contribution in [2.45, 2.75) is 108 Å². The molecule has 36 heavy (non-hydrogen) atoms. The Balaban J connectivity index is 1.79. The Hall–Kier alpha value is -2.79. The van der Waals surface area contributed by atoms with Gasteiger partial charge in [0.1, 0.15) is 12.1 Å². The Morgan fingerprint density at radius 1 is 1.08 bits per heavy atom. The van der Waals surface area contributed by atoms with E-state index < -0.39 is 66.5 Å². The predicted molar refractivity (Wildman–Crippen MR) is 124 cm³/mol. The van der Waals surface area contributed by atoms with Crippen molar-refractivity contribution in [1.29, 1.82) is 0 Å². The van der Waals surface area contributed by atoms with E-state index in [0.29, 0.717) is 13.3 Å². The molecular formula is C24H36F2N4O6. The second-order valence-electron chi connectivity index (χ2n) is 10.7. The Morgan fingerprint density at radius 3 is 2.28 bits per heavy atom. The molecule has 3 aliphatic rings. The van der Waals surface area contributed by atoms with Crippen molar-refractivity contribution in [2.24, 2.45) is 5.41 Å². The van der Waals surface area contributed by atoms with Gasteiger partial charge in [-0.3, -0.25) is 19.2 Å². The van der Waals surface area contributed by atoms with Crippen LogP contribution in [0.1, 0.15) is 78.1 Å². The molecule has 0 aromatic carbocycles. The van der Waals surface area contributed by atoms with Crippen LogP contribution in [0, 0.1) is 5.41 Å². The van der Waals surface area contributed by atoms with Gasteiger partial charge < -0.3 is 26.0 Å². The van der Waals surface area contributed by atoms with Crippen LogP contribution in [0.5, 0.6) is 0 Å². The van der Waals surface area contributed by atoms with Gasteiger partial charge in [-0.05, 0) is 57.8 Å². The van der Waals surface area contributed by atoms with Gasteiger partial charge in [0.2, 0.25) is 23.5 Å². The first kappa shape index (κ1) is 27.8. The number of likely N-dealkylation sites (tertiary alicyclic amines) is 1. The number of rotatable bonds is 10. The van der Waals surface area contributed by atoms with E-state index in [2.05, 4.69) is 16.0 Å². The second-order valence-corrected chi connectivity index (χ2v) is 10.7. The summed E-state index contributed by atoms with van der Waals surface area (Å²) in [6, 6.07) is -3.69. The second kappa shape index (κ2) is 11.1. The average Bonchev–Trinajstić information content (AvgIpc) is 3.54. The van der Waals surface area contributed by atoms with E-state index in [1.54, 1.807) is 0 Å². The standard InChI is InChI=1S/C24H36F2N4O6/c1-14(27-22(35)36)21(34)30-13-24(9-4-3-5-10-24)12-17(30)19(32)29-16(8-11-23(2,25)26)18(31)20(33)28-15-6-7-15/h14-17,27H,3-13H2,1-2H3,(H,28,33)(H,29,32)(H,35,36)/t14-,16-,17-/m0/s1. The zero-order chi connectivity index (χ0) is 26.7. The molecule has 4 amide bonds. The highest BCUT2D eigenvalue weighted by molar-refractivity contribution is 6.38. The van der Waals surface area contributed by atoms with Gasteiger partial charge in [0.25, 0.3) is 5.91 Å². The maximum atomic E-state index is 13.6. The van der Waals surface area contributed by atoms with Crippen LogP contribution in [-0.4, -0.2) is 76.2 Å². The number of carboxylic acid groups (broad SMARTS) is 1. The van der Waals surface area contributed by atoms with Gasteiger partial charge in [-0.25, -0.2) is 13.6 Å². The number of alkyl halides is 2. The van der Waals surface area contributed by atoms with Gasteiger partial charge in [-0.1, -0.05) is 19.3 Å². The summed E-state index contributed by atoms with van der Waals surface area (Å²) in [5.41, 5.74) is -0.307. The zero-order valence-electron chi connectivity index (χ0n) is 20.8. The Morgan fingerprint density at radius 2 is 1.72 bits per heavy atom. The normalized spacial score (nSPS) is 23.0. The minimum Gasteiger partial charge on any atom is -0.465 e. The smallest absolute Gasteiger partial charge is 0.405 e. The summed E-state index contributed by atoms with van der Waals surface area (Å²) in [7, 11) is 0. The molecule has 1 saturated heterocycles. The van der Waals surface area contributed by atoms with Crippen molar-refractivity contribution in [3.8, 4) is 0 Å².